The zero-order valence-electron chi connectivity index (χ0n) is 16.1. The predicted molar refractivity (Wildman–Crippen MR) is 121 cm³/mol. The highest BCUT2D eigenvalue weighted by molar-refractivity contribution is 14.0. The number of guanidine groups is 1. The van der Waals surface area contributed by atoms with Crippen LogP contribution in [0.25, 0.3) is 0 Å². The average molecular weight is 481 g/mol. The zero-order chi connectivity index (χ0) is 18.4. The van der Waals surface area contributed by atoms with E-state index in [4.69, 9.17) is 14.5 Å². The summed E-state index contributed by atoms with van der Waals surface area (Å²) in [6.07, 6.45) is 1.13. The van der Waals surface area contributed by atoms with Gasteiger partial charge in [0.2, 0.25) is 0 Å². The molecular formula is C21H28IN3O2. The summed E-state index contributed by atoms with van der Waals surface area (Å²) in [4.78, 5) is 4.71. The molecular weight excluding hydrogens is 453 g/mol. The highest BCUT2D eigenvalue weighted by atomic mass is 127. The second-order valence-corrected chi connectivity index (χ2v) is 6.35. The van der Waals surface area contributed by atoms with Crippen molar-refractivity contribution in [2.24, 2.45) is 4.99 Å². The van der Waals surface area contributed by atoms with Crippen LogP contribution in [0.5, 0.6) is 11.5 Å². The molecule has 0 heterocycles. The molecule has 0 fully saturated rings. The molecule has 0 saturated heterocycles. The first-order valence-electron chi connectivity index (χ1n) is 9.06. The first-order valence-corrected chi connectivity index (χ1v) is 9.06. The van der Waals surface area contributed by atoms with Crippen molar-refractivity contribution in [1.82, 2.24) is 10.6 Å². The lowest BCUT2D eigenvalue weighted by Gasteiger charge is -2.30. The molecule has 0 saturated carbocycles. The van der Waals surface area contributed by atoms with E-state index in [0.717, 1.165) is 42.5 Å². The number of hydrogen-bond acceptors (Lipinski definition) is 3. The molecule has 1 aliphatic rings. The Kier molecular flexibility index (Phi) is 8.22. The molecule has 146 valence electrons. The van der Waals surface area contributed by atoms with Crippen molar-refractivity contribution >= 4 is 29.9 Å². The highest BCUT2D eigenvalue weighted by Gasteiger charge is 2.25. The Bertz CT molecular complexity index is 780. The smallest absolute Gasteiger partial charge is 0.191 e. The normalized spacial score (nSPS) is 15.1. The van der Waals surface area contributed by atoms with E-state index in [1.807, 2.05) is 18.2 Å². The Morgan fingerprint density at radius 3 is 2.63 bits per heavy atom. The summed E-state index contributed by atoms with van der Waals surface area (Å²) in [6, 6.07) is 14.5. The molecule has 2 aromatic carbocycles. The Balaban J connectivity index is 0.00000261. The molecule has 2 aromatic rings. The van der Waals surface area contributed by atoms with Crippen molar-refractivity contribution in [2.75, 3.05) is 27.3 Å². The number of rotatable bonds is 7. The van der Waals surface area contributed by atoms with Gasteiger partial charge >= 0.3 is 0 Å². The predicted octanol–water partition coefficient (Wildman–Crippen LogP) is 3.72. The number of benzene rings is 2. The van der Waals surface area contributed by atoms with Crippen molar-refractivity contribution in [3.8, 4) is 11.5 Å². The van der Waals surface area contributed by atoms with Gasteiger partial charge in [0.15, 0.2) is 5.96 Å². The van der Waals surface area contributed by atoms with Crippen LogP contribution in [0.2, 0.25) is 0 Å². The van der Waals surface area contributed by atoms with E-state index in [2.05, 4.69) is 41.8 Å². The third-order valence-electron chi connectivity index (χ3n) is 4.72. The lowest BCUT2D eigenvalue weighted by Crippen LogP contribution is -2.41. The fraction of sp³-hybridized carbons (Fsp3) is 0.381. The summed E-state index contributed by atoms with van der Waals surface area (Å²) in [5.74, 6) is 2.96. The summed E-state index contributed by atoms with van der Waals surface area (Å²) < 4.78 is 10.7. The second kappa shape index (κ2) is 10.4. The number of hydrogen-bond donors (Lipinski definition) is 2. The molecule has 0 amide bonds. The number of methoxy groups -OCH3 is 2. The Morgan fingerprint density at radius 1 is 1.11 bits per heavy atom. The minimum Gasteiger partial charge on any atom is -0.497 e. The molecule has 0 radical (unpaired) electrons. The maximum absolute atomic E-state index is 5.45. The lowest BCUT2D eigenvalue weighted by molar-refractivity contribution is 0.391. The van der Waals surface area contributed by atoms with Crippen LogP contribution in [-0.2, 0) is 13.0 Å². The van der Waals surface area contributed by atoms with E-state index in [1.54, 1.807) is 14.2 Å². The quantitative estimate of drug-likeness (QED) is 0.360. The number of aliphatic imine (C=N–C) groups is 1. The number of nitrogens with one attached hydrogen (secondary N) is 2. The first kappa shape index (κ1) is 21.3. The largest absolute Gasteiger partial charge is 0.497 e. The third-order valence-corrected chi connectivity index (χ3v) is 4.72. The van der Waals surface area contributed by atoms with Gasteiger partial charge in [-0.3, -0.25) is 0 Å². The first-order chi connectivity index (χ1) is 12.7. The molecule has 0 aromatic heterocycles. The van der Waals surface area contributed by atoms with Crippen molar-refractivity contribution in [2.45, 2.75) is 25.8 Å². The monoisotopic (exact) mass is 481 g/mol. The maximum atomic E-state index is 5.45. The van der Waals surface area contributed by atoms with Crippen LogP contribution >= 0.6 is 24.0 Å². The zero-order valence-corrected chi connectivity index (χ0v) is 18.4. The minimum atomic E-state index is 0. The highest BCUT2D eigenvalue weighted by Crippen LogP contribution is 2.34. The van der Waals surface area contributed by atoms with E-state index >= 15 is 0 Å². The van der Waals surface area contributed by atoms with Gasteiger partial charge in [0.1, 0.15) is 11.5 Å². The van der Waals surface area contributed by atoms with Crippen molar-refractivity contribution in [3.63, 3.8) is 0 Å². The lowest BCUT2D eigenvalue weighted by atomic mass is 9.78. The molecule has 0 aliphatic heterocycles. The molecule has 1 aliphatic carbocycles. The van der Waals surface area contributed by atoms with Crippen LogP contribution in [0.3, 0.4) is 0 Å². The standard InChI is InChI=1S/C21H27N3O2.HI/c1-4-22-21(24-14-17-11-15-7-5-6-8-19(15)17)23-13-16-9-10-18(25-2)12-20(16)26-3;/h5-10,12,17H,4,11,13-14H2,1-3H3,(H2,22,23,24);1H. The molecule has 27 heavy (non-hydrogen) atoms. The van der Waals surface area contributed by atoms with E-state index in [1.165, 1.54) is 11.1 Å². The summed E-state index contributed by atoms with van der Waals surface area (Å²) in [5, 5.41) is 6.78. The Hall–Kier alpha value is -1.96. The van der Waals surface area contributed by atoms with E-state index in [-0.39, 0.29) is 24.0 Å². The molecule has 2 N–H and O–H groups in total. The van der Waals surface area contributed by atoms with Gasteiger partial charge in [0, 0.05) is 30.6 Å². The van der Waals surface area contributed by atoms with Crippen molar-refractivity contribution in [3.05, 3.63) is 59.2 Å². The van der Waals surface area contributed by atoms with E-state index in [9.17, 15) is 0 Å². The van der Waals surface area contributed by atoms with Gasteiger partial charge in [-0.15, -0.1) is 24.0 Å². The van der Waals surface area contributed by atoms with Gasteiger partial charge in [-0.1, -0.05) is 24.3 Å². The van der Waals surface area contributed by atoms with Gasteiger partial charge in [-0.2, -0.15) is 0 Å². The third kappa shape index (κ3) is 5.28. The maximum Gasteiger partial charge on any atom is 0.191 e. The van der Waals surface area contributed by atoms with Crippen molar-refractivity contribution < 1.29 is 9.47 Å². The van der Waals surface area contributed by atoms with Gasteiger partial charge < -0.3 is 20.1 Å². The van der Waals surface area contributed by atoms with Crippen LogP contribution in [-0.4, -0.2) is 33.3 Å². The van der Waals surface area contributed by atoms with Crippen molar-refractivity contribution in [1.29, 1.82) is 0 Å². The topological polar surface area (TPSA) is 54.9 Å². The Morgan fingerprint density at radius 2 is 1.93 bits per heavy atom. The van der Waals surface area contributed by atoms with Crippen LogP contribution < -0.4 is 20.1 Å². The number of nitrogens with zero attached hydrogens (tertiary/aromatic N) is 1. The molecule has 5 nitrogen and oxygen atoms in total. The summed E-state index contributed by atoms with van der Waals surface area (Å²) >= 11 is 0. The summed E-state index contributed by atoms with van der Waals surface area (Å²) in [5.41, 5.74) is 3.94. The molecule has 0 spiro atoms. The molecule has 3 rings (SSSR count). The van der Waals surface area contributed by atoms with Crippen LogP contribution in [0, 0.1) is 0 Å². The van der Waals surface area contributed by atoms with Gasteiger partial charge in [-0.25, -0.2) is 4.99 Å². The van der Waals surface area contributed by atoms with Gasteiger partial charge in [0.25, 0.3) is 0 Å². The SMILES string of the molecule is CCNC(=NCc1ccc(OC)cc1OC)NCC1Cc2ccccc21.I. The van der Waals surface area contributed by atoms with Gasteiger partial charge in [0.05, 0.1) is 20.8 Å². The van der Waals surface area contributed by atoms with E-state index < -0.39 is 0 Å². The number of ether oxygens (including phenoxy) is 2. The number of fused-ring (bicyclic) bond motifs is 1. The molecule has 0 bridgehead atoms. The second-order valence-electron chi connectivity index (χ2n) is 6.35. The minimum absolute atomic E-state index is 0. The summed E-state index contributed by atoms with van der Waals surface area (Å²) in [7, 11) is 3.32. The molecule has 1 atom stereocenters. The number of halogens is 1. The molecule has 6 heteroatoms. The fourth-order valence-corrected chi connectivity index (χ4v) is 3.25. The average Bonchev–Trinajstić information content (AvgIpc) is 2.66. The fourth-order valence-electron chi connectivity index (χ4n) is 3.25. The van der Waals surface area contributed by atoms with Crippen LogP contribution in [0.15, 0.2) is 47.5 Å². The van der Waals surface area contributed by atoms with Crippen LogP contribution in [0.1, 0.15) is 29.5 Å². The Labute approximate surface area is 178 Å². The summed E-state index contributed by atoms with van der Waals surface area (Å²) in [6.45, 7) is 4.34. The van der Waals surface area contributed by atoms with Gasteiger partial charge in [-0.05, 0) is 36.6 Å². The van der Waals surface area contributed by atoms with Crippen LogP contribution in [0.4, 0.5) is 0 Å². The molecule has 1 unspecified atom stereocenters. The van der Waals surface area contributed by atoms with E-state index in [0.29, 0.717) is 12.5 Å².